The summed E-state index contributed by atoms with van der Waals surface area (Å²) < 4.78 is 19.0. The van der Waals surface area contributed by atoms with E-state index in [4.69, 9.17) is 4.74 Å². The molecule has 1 rings (SSSR count). The van der Waals surface area contributed by atoms with E-state index < -0.39 is 5.82 Å². The third kappa shape index (κ3) is 3.87. The maximum Gasteiger partial charge on any atom is 0.223 e. The summed E-state index contributed by atoms with van der Waals surface area (Å²) in [5.74, 6) is -0.422. The molecule has 0 saturated heterocycles. The van der Waals surface area contributed by atoms with Gasteiger partial charge < -0.3 is 10.1 Å². The van der Waals surface area contributed by atoms with E-state index in [1.165, 1.54) is 12.1 Å². The zero-order valence-electron chi connectivity index (χ0n) is 8.22. The Morgan fingerprint density at radius 3 is 3.00 bits per heavy atom. The summed E-state index contributed by atoms with van der Waals surface area (Å²) in [5.41, 5.74) is 0. The number of halogens is 2. The summed E-state index contributed by atoms with van der Waals surface area (Å²) >= 11 is 3.20. The van der Waals surface area contributed by atoms with Gasteiger partial charge in [0.15, 0.2) is 11.6 Å². The van der Waals surface area contributed by atoms with Crippen molar-refractivity contribution in [1.82, 2.24) is 5.32 Å². The SMILES string of the molecule is CNC(=O)CCOc1cc(Br)ccc1F. The zero-order valence-corrected chi connectivity index (χ0v) is 9.80. The highest BCUT2D eigenvalue weighted by Crippen LogP contribution is 2.22. The second-order valence-electron chi connectivity index (χ2n) is 2.85. The van der Waals surface area contributed by atoms with Crippen molar-refractivity contribution < 1.29 is 13.9 Å². The molecule has 0 atom stereocenters. The van der Waals surface area contributed by atoms with Crippen LogP contribution in [0.5, 0.6) is 5.75 Å². The number of rotatable bonds is 4. The normalized spacial score (nSPS) is 9.80. The van der Waals surface area contributed by atoms with Gasteiger partial charge in [0.05, 0.1) is 13.0 Å². The molecule has 15 heavy (non-hydrogen) atoms. The van der Waals surface area contributed by atoms with Crippen LogP contribution in [0.15, 0.2) is 22.7 Å². The van der Waals surface area contributed by atoms with E-state index in [1.807, 2.05) is 0 Å². The van der Waals surface area contributed by atoms with Gasteiger partial charge in [0.25, 0.3) is 0 Å². The Balaban J connectivity index is 2.50. The standard InChI is InChI=1S/C10H11BrFNO2/c1-13-10(14)4-5-15-9-6-7(11)2-3-8(9)12/h2-3,6H,4-5H2,1H3,(H,13,14). The average Bonchev–Trinajstić information content (AvgIpc) is 2.23. The number of hydrogen-bond donors (Lipinski definition) is 1. The molecule has 1 aromatic carbocycles. The first-order valence-electron chi connectivity index (χ1n) is 4.42. The minimum Gasteiger partial charge on any atom is -0.490 e. The van der Waals surface area contributed by atoms with Crippen LogP contribution >= 0.6 is 15.9 Å². The van der Waals surface area contributed by atoms with Gasteiger partial charge in [-0.2, -0.15) is 0 Å². The molecule has 3 nitrogen and oxygen atoms in total. The van der Waals surface area contributed by atoms with Gasteiger partial charge in [-0.05, 0) is 18.2 Å². The van der Waals surface area contributed by atoms with Crippen molar-refractivity contribution >= 4 is 21.8 Å². The average molecular weight is 276 g/mol. The molecule has 0 bridgehead atoms. The third-order valence-electron chi connectivity index (χ3n) is 1.76. The van der Waals surface area contributed by atoms with Crippen LogP contribution in [0.25, 0.3) is 0 Å². The van der Waals surface area contributed by atoms with Crippen molar-refractivity contribution in [1.29, 1.82) is 0 Å². The molecule has 0 spiro atoms. The van der Waals surface area contributed by atoms with E-state index in [-0.39, 0.29) is 24.7 Å². The maximum atomic E-state index is 13.1. The highest BCUT2D eigenvalue weighted by molar-refractivity contribution is 9.10. The summed E-state index contributed by atoms with van der Waals surface area (Å²) in [6, 6.07) is 4.42. The van der Waals surface area contributed by atoms with Gasteiger partial charge in [0.2, 0.25) is 5.91 Å². The van der Waals surface area contributed by atoms with Gasteiger partial charge in [-0.15, -0.1) is 0 Å². The molecule has 0 radical (unpaired) electrons. The number of amides is 1. The molecule has 1 aromatic rings. The molecule has 0 saturated carbocycles. The first-order valence-corrected chi connectivity index (χ1v) is 5.21. The summed E-state index contributed by atoms with van der Waals surface area (Å²) in [5, 5.41) is 2.46. The smallest absolute Gasteiger partial charge is 0.223 e. The molecule has 1 amide bonds. The predicted octanol–water partition coefficient (Wildman–Crippen LogP) is 2.10. The van der Waals surface area contributed by atoms with Crippen LogP contribution in [0, 0.1) is 5.82 Å². The Labute approximate surface area is 95.7 Å². The van der Waals surface area contributed by atoms with E-state index in [0.717, 1.165) is 4.47 Å². The van der Waals surface area contributed by atoms with Gasteiger partial charge >= 0.3 is 0 Å². The topological polar surface area (TPSA) is 38.3 Å². The van der Waals surface area contributed by atoms with Crippen molar-refractivity contribution in [2.24, 2.45) is 0 Å². The highest BCUT2D eigenvalue weighted by Gasteiger charge is 2.04. The Kier molecular flexibility index (Phi) is 4.55. The fraction of sp³-hybridized carbons (Fsp3) is 0.300. The lowest BCUT2D eigenvalue weighted by Crippen LogP contribution is -2.20. The number of nitrogens with one attached hydrogen (secondary N) is 1. The molecule has 0 unspecified atom stereocenters. The van der Waals surface area contributed by atoms with E-state index in [2.05, 4.69) is 21.2 Å². The zero-order chi connectivity index (χ0) is 11.3. The van der Waals surface area contributed by atoms with Crippen LogP contribution in [0.2, 0.25) is 0 Å². The van der Waals surface area contributed by atoms with E-state index in [1.54, 1.807) is 13.1 Å². The van der Waals surface area contributed by atoms with Crippen LogP contribution in [0.1, 0.15) is 6.42 Å². The van der Waals surface area contributed by atoms with Crippen molar-refractivity contribution in [3.05, 3.63) is 28.5 Å². The molecule has 0 aromatic heterocycles. The first kappa shape index (κ1) is 12.0. The molecule has 0 aliphatic carbocycles. The first-order chi connectivity index (χ1) is 7.13. The van der Waals surface area contributed by atoms with Crippen molar-refractivity contribution in [2.75, 3.05) is 13.7 Å². The minimum atomic E-state index is -0.435. The van der Waals surface area contributed by atoms with Crippen LogP contribution in [0.4, 0.5) is 4.39 Å². The Morgan fingerprint density at radius 2 is 2.33 bits per heavy atom. The molecule has 0 aliphatic heterocycles. The lowest BCUT2D eigenvalue weighted by atomic mass is 10.3. The number of ether oxygens (including phenoxy) is 1. The number of carbonyl (C=O) groups is 1. The maximum absolute atomic E-state index is 13.1. The van der Waals surface area contributed by atoms with Gasteiger partial charge in [-0.25, -0.2) is 4.39 Å². The van der Waals surface area contributed by atoms with Crippen LogP contribution in [0.3, 0.4) is 0 Å². The minimum absolute atomic E-state index is 0.134. The molecule has 82 valence electrons. The Morgan fingerprint density at radius 1 is 1.60 bits per heavy atom. The summed E-state index contributed by atoms with van der Waals surface area (Å²) in [6.07, 6.45) is 0.211. The molecule has 5 heteroatoms. The van der Waals surface area contributed by atoms with Crippen molar-refractivity contribution in [3.8, 4) is 5.75 Å². The fourth-order valence-corrected chi connectivity index (χ4v) is 1.31. The van der Waals surface area contributed by atoms with E-state index in [9.17, 15) is 9.18 Å². The number of hydrogen-bond acceptors (Lipinski definition) is 2. The lowest BCUT2D eigenvalue weighted by Gasteiger charge is -2.06. The third-order valence-corrected chi connectivity index (χ3v) is 2.25. The predicted molar refractivity (Wildman–Crippen MR) is 58.3 cm³/mol. The van der Waals surface area contributed by atoms with E-state index >= 15 is 0 Å². The summed E-state index contributed by atoms with van der Waals surface area (Å²) in [6.45, 7) is 0.160. The monoisotopic (exact) mass is 275 g/mol. The van der Waals surface area contributed by atoms with Crippen LogP contribution < -0.4 is 10.1 Å². The largest absolute Gasteiger partial charge is 0.490 e. The van der Waals surface area contributed by atoms with Crippen LogP contribution in [-0.4, -0.2) is 19.6 Å². The lowest BCUT2D eigenvalue weighted by molar-refractivity contribution is -0.121. The molecule has 0 aliphatic rings. The van der Waals surface area contributed by atoms with Crippen molar-refractivity contribution in [2.45, 2.75) is 6.42 Å². The summed E-state index contributed by atoms with van der Waals surface area (Å²) in [4.78, 5) is 10.9. The molecular weight excluding hydrogens is 265 g/mol. The van der Waals surface area contributed by atoms with Gasteiger partial charge in [0.1, 0.15) is 0 Å². The number of benzene rings is 1. The quantitative estimate of drug-likeness (QED) is 0.914. The van der Waals surface area contributed by atoms with Crippen molar-refractivity contribution in [3.63, 3.8) is 0 Å². The number of carbonyl (C=O) groups excluding carboxylic acids is 1. The van der Waals surface area contributed by atoms with Gasteiger partial charge in [-0.3, -0.25) is 4.79 Å². The highest BCUT2D eigenvalue weighted by atomic mass is 79.9. The molecular formula is C10H11BrFNO2. The Bertz CT molecular complexity index is 357. The second-order valence-corrected chi connectivity index (χ2v) is 3.76. The Hall–Kier alpha value is -1.10. The molecule has 1 N–H and O–H groups in total. The molecule has 0 heterocycles. The van der Waals surface area contributed by atoms with E-state index in [0.29, 0.717) is 0 Å². The van der Waals surface area contributed by atoms with Crippen LogP contribution in [-0.2, 0) is 4.79 Å². The second kappa shape index (κ2) is 5.70. The summed E-state index contributed by atoms with van der Waals surface area (Å²) in [7, 11) is 1.54. The van der Waals surface area contributed by atoms with Gasteiger partial charge in [0, 0.05) is 11.5 Å². The van der Waals surface area contributed by atoms with Gasteiger partial charge in [-0.1, -0.05) is 15.9 Å². The fourth-order valence-electron chi connectivity index (χ4n) is 0.966. The molecule has 0 fully saturated rings.